The van der Waals surface area contributed by atoms with Crippen molar-refractivity contribution >= 4 is 6.03 Å². The first-order valence-corrected chi connectivity index (χ1v) is 8.46. The molecule has 1 aromatic heterocycles. The van der Waals surface area contributed by atoms with E-state index in [1.54, 1.807) is 4.90 Å². The molecule has 0 unspecified atom stereocenters. The molecule has 2 heterocycles. The lowest BCUT2D eigenvalue weighted by atomic mass is 10.1. The summed E-state index contributed by atoms with van der Waals surface area (Å²) in [5.41, 5.74) is 3.62. The molecule has 22 heavy (non-hydrogen) atoms. The van der Waals surface area contributed by atoms with Crippen molar-refractivity contribution in [3.63, 3.8) is 0 Å². The molecule has 0 spiro atoms. The molecule has 0 radical (unpaired) electrons. The Bertz CT molecular complexity index is 527. The number of amides is 2. The highest BCUT2D eigenvalue weighted by Crippen LogP contribution is 2.23. The van der Waals surface area contributed by atoms with E-state index in [0.29, 0.717) is 6.54 Å². The van der Waals surface area contributed by atoms with Crippen LogP contribution in [0.2, 0.25) is 0 Å². The number of carbonyl (C=O) groups excluding carboxylic acids is 1. The Morgan fingerprint density at radius 2 is 2.32 bits per heavy atom. The van der Waals surface area contributed by atoms with Crippen molar-refractivity contribution in [2.75, 3.05) is 26.7 Å². The summed E-state index contributed by atoms with van der Waals surface area (Å²) in [6, 6.07) is 0.284. The SMILES string of the molecule is CCN1CCC[C@H](NC(=O)N(C)Cc2n[nH]c3c2CCC3)C1. The number of piperidine rings is 1. The topological polar surface area (TPSA) is 64.3 Å². The fourth-order valence-corrected chi connectivity index (χ4v) is 3.56. The summed E-state index contributed by atoms with van der Waals surface area (Å²) in [6.07, 6.45) is 5.61. The molecule has 0 bridgehead atoms. The van der Waals surface area contributed by atoms with Crippen LogP contribution in [-0.2, 0) is 19.4 Å². The molecule has 2 N–H and O–H groups in total. The van der Waals surface area contributed by atoms with Crippen LogP contribution in [0.5, 0.6) is 0 Å². The quantitative estimate of drug-likeness (QED) is 0.886. The van der Waals surface area contributed by atoms with Gasteiger partial charge in [0.1, 0.15) is 0 Å². The number of hydrogen-bond donors (Lipinski definition) is 2. The van der Waals surface area contributed by atoms with Gasteiger partial charge < -0.3 is 15.1 Å². The normalized spacial score (nSPS) is 21.6. The van der Waals surface area contributed by atoms with Gasteiger partial charge in [-0.1, -0.05) is 6.92 Å². The molecule has 6 nitrogen and oxygen atoms in total. The van der Waals surface area contributed by atoms with Crippen LogP contribution in [0, 0.1) is 0 Å². The molecule has 2 aliphatic rings. The number of likely N-dealkylation sites (N-methyl/N-ethyl adjacent to an activating group) is 1. The summed E-state index contributed by atoms with van der Waals surface area (Å²) >= 11 is 0. The molecule has 6 heteroatoms. The van der Waals surface area contributed by atoms with Crippen molar-refractivity contribution in [2.45, 2.75) is 51.6 Å². The highest BCUT2D eigenvalue weighted by Gasteiger charge is 2.24. The number of nitrogens with one attached hydrogen (secondary N) is 2. The molecule has 1 fully saturated rings. The molecular weight excluding hydrogens is 278 g/mol. The smallest absolute Gasteiger partial charge is 0.317 e. The number of likely N-dealkylation sites (tertiary alicyclic amines) is 1. The Kier molecular flexibility index (Phi) is 4.66. The van der Waals surface area contributed by atoms with Gasteiger partial charge in [-0.2, -0.15) is 5.10 Å². The average Bonchev–Trinajstić information content (AvgIpc) is 3.12. The average molecular weight is 305 g/mol. The van der Waals surface area contributed by atoms with Gasteiger partial charge in [-0.15, -0.1) is 0 Å². The van der Waals surface area contributed by atoms with Crippen molar-refractivity contribution in [1.29, 1.82) is 0 Å². The minimum absolute atomic E-state index is 0.0118. The van der Waals surface area contributed by atoms with Gasteiger partial charge in [0.2, 0.25) is 0 Å². The van der Waals surface area contributed by atoms with E-state index < -0.39 is 0 Å². The first kappa shape index (κ1) is 15.3. The minimum Gasteiger partial charge on any atom is -0.334 e. The van der Waals surface area contributed by atoms with E-state index >= 15 is 0 Å². The van der Waals surface area contributed by atoms with Crippen LogP contribution < -0.4 is 5.32 Å². The Balaban J connectivity index is 1.53. The molecule has 3 rings (SSSR count). The number of carbonyl (C=O) groups is 1. The number of aromatic amines is 1. The minimum atomic E-state index is 0.0118. The van der Waals surface area contributed by atoms with E-state index in [0.717, 1.165) is 51.0 Å². The lowest BCUT2D eigenvalue weighted by molar-refractivity contribution is 0.175. The number of aryl methyl sites for hydroxylation is 1. The van der Waals surface area contributed by atoms with Crippen LogP contribution in [0.3, 0.4) is 0 Å². The summed E-state index contributed by atoms with van der Waals surface area (Å²) in [5.74, 6) is 0. The Morgan fingerprint density at radius 1 is 1.45 bits per heavy atom. The maximum Gasteiger partial charge on any atom is 0.317 e. The second-order valence-electron chi connectivity index (χ2n) is 6.52. The van der Waals surface area contributed by atoms with Gasteiger partial charge in [-0.3, -0.25) is 5.10 Å². The standard InChI is InChI=1S/C16H27N5O/c1-3-21-9-5-6-12(10-21)17-16(22)20(2)11-15-13-7-4-8-14(13)18-19-15/h12H,3-11H2,1-2H3,(H,17,22)(H,18,19)/t12-/m0/s1. The maximum atomic E-state index is 12.4. The highest BCUT2D eigenvalue weighted by molar-refractivity contribution is 5.74. The van der Waals surface area contributed by atoms with E-state index in [-0.39, 0.29) is 12.1 Å². The third-order valence-corrected chi connectivity index (χ3v) is 4.91. The summed E-state index contributed by atoms with van der Waals surface area (Å²) in [5, 5.41) is 10.7. The summed E-state index contributed by atoms with van der Waals surface area (Å²) < 4.78 is 0. The maximum absolute atomic E-state index is 12.4. The molecule has 1 aromatic rings. The van der Waals surface area contributed by atoms with Gasteiger partial charge >= 0.3 is 6.03 Å². The van der Waals surface area contributed by atoms with Crippen LogP contribution in [0.4, 0.5) is 4.79 Å². The van der Waals surface area contributed by atoms with E-state index in [2.05, 4.69) is 27.3 Å². The first-order chi connectivity index (χ1) is 10.7. The Hall–Kier alpha value is -1.56. The van der Waals surface area contributed by atoms with Gasteiger partial charge in [0.05, 0.1) is 12.2 Å². The van der Waals surface area contributed by atoms with E-state index in [9.17, 15) is 4.79 Å². The highest BCUT2D eigenvalue weighted by atomic mass is 16.2. The molecule has 1 aliphatic heterocycles. The molecule has 1 saturated heterocycles. The number of fused-ring (bicyclic) bond motifs is 1. The van der Waals surface area contributed by atoms with Gasteiger partial charge in [0.25, 0.3) is 0 Å². The lowest BCUT2D eigenvalue weighted by Crippen LogP contribution is -2.50. The predicted molar refractivity (Wildman–Crippen MR) is 85.7 cm³/mol. The second-order valence-corrected chi connectivity index (χ2v) is 6.52. The fourth-order valence-electron chi connectivity index (χ4n) is 3.56. The lowest BCUT2D eigenvalue weighted by Gasteiger charge is -2.33. The number of urea groups is 1. The molecule has 2 amide bonds. The van der Waals surface area contributed by atoms with Crippen LogP contribution in [0.25, 0.3) is 0 Å². The summed E-state index contributed by atoms with van der Waals surface area (Å²) in [7, 11) is 1.85. The molecule has 0 saturated carbocycles. The number of nitrogens with zero attached hydrogens (tertiary/aromatic N) is 3. The third kappa shape index (κ3) is 3.27. The molecular formula is C16H27N5O. The largest absolute Gasteiger partial charge is 0.334 e. The van der Waals surface area contributed by atoms with Crippen molar-refractivity contribution < 1.29 is 4.79 Å². The second kappa shape index (κ2) is 6.69. The van der Waals surface area contributed by atoms with Crippen molar-refractivity contribution in [1.82, 2.24) is 25.3 Å². The van der Waals surface area contributed by atoms with Gasteiger partial charge in [0.15, 0.2) is 0 Å². The number of rotatable bonds is 4. The number of aromatic nitrogens is 2. The van der Waals surface area contributed by atoms with Gasteiger partial charge in [-0.05, 0) is 50.8 Å². The molecule has 1 aliphatic carbocycles. The van der Waals surface area contributed by atoms with Crippen LogP contribution >= 0.6 is 0 Å². The zero-order valence-electron chi connectivity index (χ0n) is 13.7. The monoisotopic (exact) mass is 305 g/mol. The first-order valence-electron chi connectivity index (χ1n) is 8.46. The summed E-state index contributed by atoms with van der Waals surface area (Å²) in [6.45, 7) is 5.93. The third-order valence-electron chi connectivity index (χ3n) is 4.91. The van der Waals surface area contributed by atoms with E-state index in [1.165, 1.54) is 17.7 Å². The van der Waals surface area contributed by atoms with Crippen molar-refractivity contribution in [3.8, 4) is 0 Å². The Morgan fingerprint density at radius 3 is 3.14 bits per heavy atom. The zero-order chi connectivity index (χ0) is 15.5. The van der Waals surface area contributed by atoms with Crippen molar-refractivity contribution in [3.05, 3.63) is 17.0 Å². The number of hydrogen-bond acceptors (Lipinski definition) is 3. The van der Waals surface area contributed by atoms with E-state index in [1.807, 2.05) is 7.05 Å². The fraction of sp³-hybridized carbons (Fsp3) is 0.750. The van der Waals surface area contributed by atoms with Crippen LogP contribution in [-0.4, -0.2) is 58.8 Å². The van der Waals surface area contributed by atoms with Crippen LogP contribution in [0.15, 0.2) is 0 Å². The predicted octanol–water partition coefficient (Wildman–Crippen LogP) is 1.52. The zero-order valence-corrected chi connectivity index (χ0v) is 13.7. The molecule has 0 aromatic carbocycles. The Labute approximate surface area is 132 Å². The van der Waals surface area contributed by atoms with Gasteiger partial charge in [-0.25, -0.2) is 4.79 Å². The summed E-state index contributed by atoms with van der Waals surface area (Å²) in [4.78, 5) is 16.5. The number of H-pyrrole nitrogens is 1. The van der Waals surface area contributed by atoms with E-state index in [4.69, 9.17) is 0 Å². The molecule has 1 atom stereocenters. The van der Waals surface area contributed by atoms with Gasteiger partial charge in [0, 0.05) is 25.3 Å². The van der Waals surface area contributed by atoms with Crippen molar-refractivity contribution in [2.24, 2.45) is 0 Å². The molecule has 122 valence electrons. The van der Waals surface area contributed by atoms with Crippen LogP contribution in [0.1, 0.15) is 43.1 Å².